The molecule has 0 aromatic heterocycles. The average Bonchev–Trinajstić information content (AvgIpc) is 2.31. The predicted octanol–water partition coefficient (Wildman–Crippen LogP) is 0.393. The maximum Gasteiger partial charge on any atom is 0.320 e. The van der Waals surface area contributed by atoms with Crippen molar-refractivity contribution in [1.82, 2.24) is 4.90 Å². The summed E-state index contributed by atoms with van der Waals surface area (Å²) >= 11 is 0. The summed E-state index contributed by atoms with van der Waals surface area (Å²) in [6.45, 7) is 1.86. The molecule has 2 N–H and O–H groups in total. The minimum atomic E-state index is -3.13. The number of carbonyl (C=O) groups is 1. The van der Waals surface area contributed by atoms with E-state index in [1.165, 1.54) is 6.66 Å². The molecule has 0 bridgehead atoms. The van der Waals surface area contributed by atoms with E-state index in [0.29, 0.717) is 13.0 Å². The largest absolute Gasteiger partial charge is 0.480 e. The maximum absolute atomic E-state index is 11.1. The molecule has 2 atom stereocenters. The van der Waals surface area contributed by atoms with Gasteiger partial charge in [-0.05, 0) is 19.4 Å². The van der Waals surface area contributed by atoms with E-state index in [4.69, 9.17) is 10.00 Å². The van der Waals surface area contributed by atoms with Crippen LogP contribution in [0.3, 0.4) is 0 Å². The summed E-state index contributed by atoms with van der Waals surface area (Å²) in [4.78, 5) is 21.4. The van der Waals surface area contributed by atoms with Crippen LogP contribution >= 0.6 is 7.37 Å². The smallest absolute Gasteiger partial charge is 0.320 e. The molecule has 1 saturated heterocycles. The number of nitrogens with zero attached hydrogens (tertiary/aromatic N) is 1. The molecule has 1 fully saturated rings. The van der Waals surface area contributed by atoms with Crippen molar-refractivity contribution in [1.29, 1.82) is 0 Å². The van der Waals surface area contributed by atoms with E-state index < -0.39 is 19.4 Å². The SMILES string of the molecule is CP(=O)(O)CN1CCC[C@H]1C(=O)O. The highest BCUT2D eigenvalue weighted by Crippen LogP contribution is 2.38. The fourth-order valence-electron chi connectivity index (χ4n) is 1.61. The first-order chi connectivity index (χ1) is 5.90. The zero-order chi connectivity index (χ0) is 10.1. The minimum Gasteiger partial charge on any atom is -0.480 e. The molecule has 0 aromatic carbocycles. The Morgan fingerprint density at radius 1 is 1.69 bits per heavy atom. The molecule has 1 unspecified atom stereocenters. The van der Waals surface area contributed by atoms with E-state index in [2.05, 4.69) is 0 Å². The number of rotatable bonds is 3. The van der Waals surface area contributed by atoms with Crippen LogP contribution in [-0.2, 0) is 9.36 Å². The summed E-state index contributed by atoms with van der Waals surface area (Å²) < 4.78 is 11.1. The van der Waals surface area contributed by atoms with E-state index >= 15 is 0 Å². The van der Waals surface area contributed by atoms with Crippen molar-refractivity contribution in [2.45, 2.75) is 18.9 Å². The van der Waals surface area contributed by atoms with Crippen LogP contribution in [0.2, 0.25) is 0 Å². The highest BCUT2D eigenvalue weighted by molar-refractivity contribution is 7.57. The van der Waals surface area contributed by atoms with Gasteiger partial charge in [-0.15, -0.1) is 0 Å². The van der Waals surface area contributed by atoms with E-state index in [0.717, 1.165) is 6.42 Å². The van der Waals surface area contributed by atoms with Gasteiger partial charge in [-0.1, -0.05) is 0 Å². The quantitative estimate of drug-likeness (QED) is 0.654. The molecular weight excluding hydrogens is 193 g/mol. The van der Waals surface area contributed by atoms with Crippen molar-refractivity contribution in [3.63, 3.8) is 0 Å². The van der Waals surface area contributed by atoms with E-state index in [1.54, 1.807) is 4.90 Å². The molecular formula is C7H14NO4P. The summed E-state index contributed by atoms with van der Waals surface area (Å²) in [6.07, 6.45) is 1.36. The summed E-state index contributed by atoms with van der Waals surface area (Å²) in [5, 5.41) is 8.77. The Bertz CT molecular complexity index is 249. The molecule has 1 aliphatic heterocycles. The Balaban J connectivity index is 2.59. The predicted molar refractivity (Wildman–Crippen MR) is 48.0 cm³/mol. The molecule has 0 amide bonds. The molecule has 76 valence electrons. The first-order valence-electron chi connectivity index (χ1n) is 4.16. The van der Waals surface area contributed by atoms with Gasteiger partial charge in [-0.2, -0.15) is 0 Å². The fraction of sp³-hybridized carbons (Fsp3) is 0.857. The Labute approximate surface area is 76.8 Å². The Morgan fingerprint density at radius 2 is 2.31 bits per heavy atom. The van der Waals surface area contributed by atoms with Crippen molar-refractivity contribution >= 4 is 13.3 Å². The molecule has 0 spiro atoms. The standard InChI is InChI=1S/C7H14NO4P/c1-13(11,12)5-8-4-2-3-6(8)7(9)10/h6H,2-5H2,1H3,(H,9,10)(H,11,12)/t6-/m0/s1. The summed E-state index contributed by atoms with van der Waals surface area (Å²) in [7, 11) is -3.13. The van der Waals surface area contributed by atoms with Gasteiger partial charge in [-0.25, -0.2) is 0 Å². The van der Waals surface area contributed by atoms with Crippen LogP contribution in [0.5, 0.6) is 0 Å². The van der Waals surface area contributed by atoms with Crippen LogP contribution in [-0.4, -0.2) is 46.4 Å². The average molecular weight is 207 g/mol. The number of aliphatic carboxylic acids is 1. The molecule has 0 aliphatic carbocycles. The van der Waals surface area contributed by atoms with Crippen LogP contribution < -0.4 is 0 Å². The molecule has 1 heterocycles. The third kappa shape index (κ3) is 3.10. The topological polar surface area (TPSA) is 77.8 Å². The van der Waals surface area contributed by atoms with Gasteiger partial charge in [0.2, 0.25) is 7.37 Å². The molecule has 13 heavy (non-hydrogen) atoms. The van der Waals surface area contributed by atoms with E-state index in [1.807, 2.05) is 0 Å². The van der Waals surface area contributed by atoms with Gasteiger partial charge >= 0.3 is 5.97 Å². The molecule has 6 heteroatoms. The molecule has 0 saturated carbocycles. The lowest BCUT2D eigenvalue weighted by atomic mass is 10.2. The third-order valence-corrected chi connectivity index (χ3v) is 2.98. The first-order valence-corrected chi connectivity index (χ1v) is 6.45. The lowest BCUT2D eigenvalue weighted by Gasteiger charge is -2.21. The third-order valence-electron chi connectivity index (χ3n) is 2.09. The van der Waals surface area contributed by atoms with Crippen molar-refractivity contribution in [3.05, 3.63) is 0 Å². The van der Waals surface area contributed by atoms with Crippen LogP contribution in [0.25, 0.3) is 0 Å². The monoisotopic (exact) mass is 207 g/mol. The summed E-state index contributed by atoms with van der Waals surface area (Å²) in [5.41, 5.74) is 0. The van der Waals surface area contributed by atoms with Gasteiger partial charge in [0.25, 0.3) is 0 Å². The number of likely N-dealkylation sites (tertiary alicyclic amines) is 1. The van der Waals surface area contributed by atoms with Gasteiger partial charge in [0, 0.05) is 6.66 Å². The Morgan fingerprint density at radius 3 is 2.77 bits per heavy atom. The second-order valence-electron chi connectivity index (χ2n) is 3.50. The van der Waals surface area contributed by atoms with Crippen LogP contribution in [0.15, 0.2) is 0 Å². The molecule has 5 nitrogen and oxygen atoms in total. The van der Waals surface area contributed by atoms with Crippen molar-refractivity contribution in [2.24, 2.45) is 0 Å². The minimum absolute atomic E-state index is 0.00995. The lowest BCUT2D eigenvalue weighted by Crippen LogP contribution is -2.36. The van der Waals surface area contributed by atoms with Crippen LogP contribution in [0.4, 0.5) is 0 Å². The Hall–Kier alpha value is -0.380. The molecule has 1 rings (SSSR count). The van der Waals surface area contributed by atoms with Gasteiger partial charge in [0.05, 0.1) is 6.29 Å². The zero-order valence-electron chi connectivity index (χ0n) is 7.51. The first kappa shape index (κ1) is 10.7. The van der Waals surface area contributed by atoms with Gasteiger partial charge in [0.1, 0.15) is 6.04 Å². The number of hydrogen-bond donors (Lipinski definition) is 2. The molecule has 0 aromatic rings. The molecule has 0 radical (unpaired) electrons. The van der Waals surface area contributed by atoms with E-state index in [9.17, 15) is 9.36 Å². The second-order valence-corrected chi connectivity index (χ2v) is 5.89. The second kappa shape index (κ2) is 3.78. The van der Waals surface area contributed by atoms with Gasteiger partial charge in [0.15, 0.2) is 0 Å². The van der Waals surface area contributed by atoms with Crippen LogP contribution in [0, 0.1) is 0 Å². The molecule has 1 aliphatic rings. The van der Waals surface area contributed by atoms with Gasteiger partial charge < -0.3 is 10.00 Å². The lowest BCUT2D eigenvalue weighted by molar-refractivity contribution is -0.141. The number of carboxylic acid groups (broad SMARTS) is 1. The summed E-state index contributed by atoms with van der Waals surface area (Å²) in [5.74, 6) is -0.897. The highest BCUT2D eigenvalue weighted by atomic mass is 31.2. The number of carboxylic acids is 1. The zero-order valence-corrected chi connectivity index (χ0v) is 8.41. The van der Waals surface area contributed by atoms with Crippen molar-refractivity contribution in [2.75, 3.05) is 19.5 Å². The number of hydrogen-bond acceptors (Lipinski definition) is 3. The van der Waals surface area contributed by atoms with E-state index in [-0.39, 0.29) is 6.29 Å². The fourth-order valence-corrected chi connectivity index (χ4v) is 2.62. The van der Waals surface area contributed by atoms with Crippen molar-refractivity contribution in [3.8, 4) is 0 Å². The van der Waals surface area contributed by atoms with Crippen molar-refractivity contribution < 1.29 is 19.4 Å². The van der Waals surface area contributed by atoms with Gasteiger partial charge in [-0.3, -0.25) is 14.3 Å². The summed E-state index contributed by atoms with van der Waals surface area (Å²) in [6, 6.07) is -0.569. The van der Waals surface area contributed by atoms with Crippen LogP contribution in [0.1, 0.15) is 12.8 Å². The Kier molecular flexibility index (Phi) is 3.11. The maximum atomic E-state index is 11.1. The highest BCUT2D eigenvalue weighted by Gasteiger charge is 2.33. The normalized spacial score (nSPS) is 28.6.